The van der Waals surface area contributed by atoms with E-state index in [1.807, 2.05) is 20.0 Å². The molecule has 1 aromatic carbocycles. The third-order valence-corrected chi connectivity index (χ3v) is 6.75. The number of hydrogen-bond donors (Lipinski definition) is 1. The molecule has 3 aromatic heterocycles. The highest BCUT2D eigenvalue weighted by atomic mass is 35.5. The lowest BCUT2D eigenvalue weighted by molar-refractivity contribution is 0.466. The minimum absolute atomic E-state index is 0.0992. The van der Waals surface area contributed by atoms with Crippen molar-refractivity contribution in [1.82, 2.24) is 35.0 Å². The summed E-state index contributed by atoms with van der Waals surface area (Å²) in [5, 5.41) is 8.44. The van der Waals surface area contributed by atoms with Gasteiger partial charge in [0.25, 0.3) is 0 Å². The van der Waals surface area contributed by atoms with Crippen molar-refractivity contribution in [2.75, 3.05) is 24.5 Å². The maximum Gasteiger partial charge on any atom is 0.228 e. The minimum Gasteiger partial charge on any atom is -0.338 e. The summed E-state index contributed by atoms with van der Waals surface area (Å²) in [4.78, 5) is 21.0. The van der Waals surface area contributed by atoms with Crippen LogP contribution in [0.5, 0.6) is 0 Å². The molecule has 10 heteroatoms. The van der Waals surface area contributed by atoms with Crippen molar-refractivity contribution in [1.29, 1.82) is 0 Å². The number of nitrogens with zero attached hydrogens (tertiary/aromatic N) is 7. The Hall–Kier alpha value is -3.17. The molecule has 1 saturated heterocycles. The van der Waals surface area contributed by atoms with Gasteiger partial charge >= 0.3 is 0 Å². The fourth-order valence-electron chi connectivity index (χ4n) is 4.34. The van der Waals surface area contributed by atoms with Crippen LogP contribution in [0.25, 0.3) is 22.4 Å². The largest absolute Gasteiger partial charge is 0.338 e. The number of rotatable bonds is 4. The standard InChI is InChI=1S/C24H24ClFN8/c1-13-14(2)30-23-22(29-13)21(18-6-3-16(25)9-19(18)26)31-24(32-23)33-8-7-27-20(12-33)15-10-28-34(11-15)17-4-5-17/h3,6,9-11,17,20,27H,4-5,7-8,12H2,1-2H3. The number of halogens is 2. The highest BCUT2D eigenvalue weighted by molar-refractivity contribution is 6.30. The van der Waals surface area contributed by atoms with Crippen LogP contribution in [0.1, 0.15) is 41.9 Å². The van der Waals surface area contributed by atoms with Crippen LogP contribution in [0.3, 0.4) is 0 Å². The minimum atomic E-state index is -0.454. The SMILES string of the molecule is Cc1nc2nc(N3CCNC(c4cnn(C5CC5)c4)C3)nc(-c3ccc(Cl)cc3F)c2nc1C. The van der Waals surface area contributed by atoms with Gasteiger partial charge in [0.1, 0.15) is 17.0 Å². The molecule has 4 aromatic rings. The highest BCUT2D eigenvalue weighted by Gasteiger charge is 2.28. The summed E-state index contributed by atoms with van der Waals surface area (Å²) in [5.41, 5.74) is 4.36. The molecule has 0 bridgehead atoms. The molecule has 1 N–H and O–H groups in total. The third kappa shape index (κ3) is 3.88. The average Bonchev–Trinajstić information content (AvgIpc) is 3.56. The molecule has 174 valence electrons. The topological polar surface area (TPSA) is 84.7 Å². The Morgan fingerprint density at radius 1 is 1.09 bits per heavy atom. The van der Waals surface area contributed by atoms with Gasteiger partial charge in [-0.2, -0.15) is 10.1 Å². The van der Waals surface area contributed by atoms with Gasteiger partial charge in [0.2, 0.25) is 5.95 Å². The highest BCUT2D eigenvalue weighted by Crippen LogP contribution is 2.35. The normalized spacial score (nSPS) is 18.6. The van der Waals surface area contributed by atoms with E-state index in [2.05, 4.69) is 36.2 Å². The van der Waals surface area contributed by atoms with Crippen molar-refractivity contribution in [2.45, 2.75) is 38.8 Å². The van der Waals surface area contributed by atoms with E-state index in [-0.39, 0.29) is 6.04 Å². The zero-order valence-corrected chi connectivity index (χ0v) is 19.7. The Balaban J connectivity index is 1.41. The monoisotopic (exact) mass is 478 g/mol. The Kier molecular flexibility index (Phi) is 5.18. The molecule has 6 rings (SSSR count). The smallest absolute Gasteiger partial charge is 0.228 e. The van der Waals surface area contributed by atoms with Gasteiger partial charge in [-0.3, -0.25) is 4.68 Å². The van der Waals surface area contributed by atoms with E-state index in [4.69, 9.17) is 21.6 Å². The number of fused-ring (bicyclic) bond motifs is 1. The first-order chi connectivity index (χ1) is 16.5. The lowest BCUT2D eigenvalue weighted by Crippen LogP contribution is -2.46. The zero-order chi connectivity index (χ0) is 23.4. The second kappa shape index (κ2) is 8.25. The number of hydrogen-bond acceptors (Lipinski definition) is 7. The Morgan fingerprint density at radius 2 is 1.91 bits per heavy atom. The molecule has 0 amide bonds. The van der Waals surface area contributed by atoms with Crippen LogP contribution in [0.15, 0.2) is 30.6 Å². The maximum absolute atomic E-state index is 14.9. The van der Waals surface area contributed by atoms with Crippen LogP contribution in [0, 0.1) is 19.7 Å². The van der Waals surface area contributed by atoms with Crippen LogP contribution in [0.4, 0.5) is 10.3 Å². The van der Waals surface area contributed by atoms with Crippen LogP contribution < -0.4 is 10.2 Å². The molecule has 2 fully saturated rings. The second-order valence-electron chi connectivity index (χ2n) is 9.00. The molecule has 1 aliphatic heterocycles. The van der Waals surface area contributed by atoms with Crippen LogP contribution in [-0.4, -0.2) is 49.4 Å². The van der Waals surface area contributed by atoms with Crippen LogP contribution >= 0.6 is 11.6 Å². The van der Waals surface area contributed by atoms with Crippen molar-refractivity contribution in [3.63, 3.8) is 0 Å². The van der Waals surface area contributed by atoms with Crippen LogP contribution in [-0.2, 0) is 0 Å². The number of anilines is 1. The molecule has 1 atom stereocenters. The molecule has 8 nitrogen and oxygen atoms in total. The summed E-state index contributed by atoms with van der Waals surface area (Å²) in [5.74, 6) is 0.0552. The first-order valence-electron chi connectivity index (χ1n) is 11.5. The predicted molar refractivity (Wildman–Crippen MR) is 128 cm³/mol. The van der Waals surface area contributed by atoms with Gasteiger partial charge in [0.05, 0.1) is 29.7 Å². The number of aromatic nitrogens is 6. The molecule has 1 aliphatic carbocycles. The van der Waals surface area contributed by atoms with E-state index < -0.39 is 5.82 Å². The molecule has 2 aliphatic rings. The fourth-order valence-corrected chi connectivity index (χ4v) is 4.50. The summed E-state index contributed by atoms with van der Waals surface area (Å²) in [6.45, 7) is 5.93. The van der Waals surface area contributed by atoms with Gasteiger partial charge in [-0.15, -0.1) is 0 Å². The Morgan fingerprint density at radius 3 is 2.71 bits per heavy atom. The molecular weight excluding hydrogens is 455 g/mol. The maximum atomic E-state index is 14.9. The van der Waals surface area contributed by atoms with Crippen molar-refractivity contribution in [3.05, 3.63) is 58.4 Å². The summed E-state index contributed by atoms with van der Waals surface area (Å²) >= 11 is 6.00. The summed E-state index contributed by atoms with van der Waals surface area (Å²) in [6.07, 6.45) is 6.46. The van der Waals surface area contributed by atoms with Gasteiger partial charge in [0, 0.05) is 42.0 Å². The van der Waals surface area contributed by atoms with Crippen molar-refractivity contribution in [2.24, 2.45) is 0 Å². The predicted octanol–water partition coefficient (Wildman–Crippen LogP) is 4.18. The van der Waals surface area contributed by atoms with Gasteiger partial charge in [-0.25, -0.2) is 19.3 Å². The van der Waals surface area contributed by atoms with E-state index in [1.165, 1.54) is 18.9 Å². The summed E-state index contributed by atoms with van der Waals surface area (Å²) in [6, 6.07) is 5.21. The number of piperazine rings is 1. The van der Waals surface area contributed by atoms with Crippen molar-refractivity contribution >= 4 is 28.7 Å². The molecule has 0 radical (unpaired) electrons. The van der Waals surface area contributed by atoms with Gasteiger partial charge < -0.3 is 10.2 Å². The van der Waals surface area contributed by atoms with Crippen molar-refractivity contribution < 1.29 is 4.39 Å². The van der Waals surface area contributed by atoms with E-state index in [9.17, 15) is 4.39 Å². The van der Waals surface area contributed by atoms with Crippen molar-refractivity contribution in [3.8, 4) is 11.3 Å². The first-order valence-corrected chi connectivity index (χ1v) is 11.8. The van der Waals surface area contributed by atoms with Crippen LogP contribution in [0.2, 0.25) is 5.02 Å². The van der Waals surface area contributed by atoms with Gasteiger partial charge in [-0.1, -0.05) is 11.6 Å². The van der Waals surface area contributed by atoms with E-state index >= 15 is 0 Å². The fraction of sp³-hybridized carbons (Fsp3) is 0.375. The number of aryl methyl sites for hydroxylation is 2. The van der Waals surface area contributed by atoms with Gasteiger partial charge in [-0.05, 0) is 44.9 Å². The van der Waals surface area contributed by atoms with E-state index in [0.29, 0.717) is 46.0 Å². The summed E-state index contributed by atoms with van der Waals surface area (Å²) < 4.78 is 17.0. The quantitative estimate of drug-likeness (QED) is 0.471. The van der Waals surface area contributed by atoms with Gasteiger partial charge in [0.15, 0.2) is 5.65 Å². The average molecular weight is 479 g/mol. The first kappa shape index (κ1) is 21.4. The lowest BCUT2D eigenvalue weighted by Gasteiger charge is -2.33. The van der Waals surface area contributed by atoms with E-state index in [0.717, 1.165) is 30.0 Å². The number of nitrogens with one attached hydrogen (secondary N) is 1. The molecule has 34 heavy (non-hydrogen) atoms. The lowest BCUT2D eigenvalue weighted by atomic mass is 10.1. The third-order valence-electron chi connectivity index (χ3n) is 6.52. The molecule has 1 unspecified atom stereocenters. The summed E-state index contributed by atoms with van der Waals surface area (Å²) in [7, 11) is 0. The number of benzene rings is 1. The Bertz CT molecular complexity index is 1400. The zero-order valence-electron chi connectivity index (χ0n) is 19.0. The molecule has 4 heterocycles. The van der Waals surface area contributed by atoms with E-state index in [1.54, 1.807) is 12.1 Å². The molecular formula is C24H24ClFN8. The second-order valence-corrected chi connectivity index (χ2v) is 9.44. The molecule has 1 saturated carbocycles. The Labute approximate surface area is 201 Å². The molecule has 0 spiro atoms.